The largest absolute Gasteiger partial charge is 0.496 e. The maximum absolute atomic E-state index is 14.4. The third-order valence-corrected chi connectivity index (χ3v) is 14.8. The van der Waals surface area contributed by atoms with Crippen LogP contribution in [0.25, 0.3) is 30.4 Å². The van der Waals surface area contributed by atoms with Gasteiger partial charge in [0.15, 0.2) is 0 Å². The molecule has 0 spiro atoms. The number of nitrogens with two attached hydrogens (primary N) is 1. The van der Waals surface area contributed by atoms with E-state index in [0.29, 0.717) is 31.4 Å². The van der Waals surface area contributed by atoms with Crippen LogP contribution in [0.5, 0.6) is 11.5 Å². The summed E-state index contributed by atoms with van der Waals surface area (Å²) < 4.78 is 55.5. The summed E-state index contributed by atoms with van der Waals surface area (Å²) in [5.41, 5.74) is 1.28. The van der Waals surface area contributed by atoms with Crippen LogP contribution in [0.2, 0.25) is 0 Å². The fourth-order valence-electron chi connectivity index (χ4n) is 8.31. The first-order valence-corrected chi connectivity index (χ1v) is 25.5. The molecule has 6 heterocycles. The van der Waals surface area contributed by atoms with Crippen molar-refractivity contribution >= 4 is 67.4 Å². The number of carbonyl (C=O) groups excluding carboxylic acids is 1. The number of primary amides is 1. The molecule has 0 saturated carbocycles. The van der Waals surface area contributed by atoms with Crippen LogP contribution >= 0.6 is 35.1 Å². The Labute approximate surface area is 467 Å². The first-order chi connectivity index (χ1) is 36.7. The summed E-state index contributed by atoms with van der Waals surface area (Å²) in [4.78, 5) is 81.8. The summed E-state index contributed by atoms with van der Waals surface area (Å²) in [6, 6.07) is 4.95. The zero-order valence-corrected chi connectivity index (χ0v) is 47.5. The van der Waals surface area contributed by atoms with E-state index in [0.717, 1.165) is 27.2 Å². The molecule has 6 aromatic heterocycles. The predicted octanol–water partition coefficient (Wildman–Crippen LogP) is 4.86. The van der Waals surface area contributed by atoms with Crippen LogP contribution in [0.4, 0.5) is 8.78 Å². The van der Waals surface area contributed by atoms with Crippen LogP contribution in [0.3, 0.4) is 0 Å². The van der Waals surface area contributed by atoms with E-state index in [1.807, 2.05) is 0 Å². The van der Waals surface area contributed by atoms with Gasteiger partial charge in [0.1, 0.15) is 67.1 Å². The number of carboxylic acid groups (broad SMARTS) is 1. The predicted molar refractivity (Wildman–Crippen MR) is 294 cm³/mol. The summed E-state index contributed by atoms with van der Waals surface area (Å²) in [6.45, 7) is 11.2. The molecule has 0 bridgehead atoms. The molecule has 80 heavy (non-hydrogen) atoms. The van der Waals surface area contributed by atoms with Crippen molar-refractivity contribution in [2.24, 2.45) is 5.73 Å². The minimum Gasteiger partial charge on any atom is -0.496 e. The molecular formula is C50H61ClF2N12O13S2. The Balaban J connectivity index is 0.000000287. The topological polar surface area (TPSA) is 342 Å². The second-order valence-electron chi connectivity index (χ2n) is 19.3. The molecule has 0 radical (unpaired) electrons. The Hall–Kier alpha value is -7.51. The lowest BCUT2D eigenvalue weighted by Gasteiger charge is -2.26. The smallest absolute Gasteiger partial charge is 0.333 e. The van der Waals surface area contributed by atoms with Gasteiger partial charge in [-0.05, 0) is 91.8 Å². The number of rotatable bonds is 20. The molecule has 0 saturated heterocycles. The van der Waals surface area contributed by atoms with Crippen molar-refractivity contribution in [3.8, 4) is 21.5 Å². The number of benzene rings is 2. The number of aliphatic hydroxyl groups is 2. The van der Waals surface area contributed by atoms with Crippen molar-refractivity contribution in [1.82, 2.24) is 54.4 Å². The van der Waals surface area contributed by atoms with E-state index in [1.165, 1.54) is 136 Å². The third-order valence-electron chi connectivity index (χ3n) is 12.2. The maximum atomic E-state index is 14.4. The second-order valence-corrected chi connectivity index (χ2v) is 21.2. The minimum absolute atomic E-state index is 0. The molecule has 432 valence electrons. The summed E-state index contributed by atoms with van der Waals surface area (Å²) in [7, 11) is 2.81. The van der Waals surface area contributed by atoms with Crippen LogP contribution < -0.4 is 43.9 Å². The Morgan fingerprint density at radius 1 is 0.662 bits per heavy atom. The van der Waals surface area contributed by atoms with Gasteiger partial charge < -0.3 is 46.2 Å². The number of aromatic nitrogens is 10. The number of halogens is 3. The molecule has 8 N–H and O–H groups in total. The fraction of sp³-hybridized carbons (Fsp3) is 0.400. The highest BCUT2D eigenvalue weighted by Crippen LogP contribution is 2.37. The van der Waals surface area contributed by atoms with Gasteiger partial charge in [-0.15, -0.1) is 22.0 Å². The van der Waals surface area contributed by atoms with E-state index < -0.39 is 81.5 Å². The number of nitrogens with zero attached hydrogens (tertiary/aromatic N) is 10. The van der Waals surface area contributed by atoms with Crippen molar-refractivity contribution in [3.63, 3.8) is 0 Å². The van der Waals surface area contributed by atoms with Crippen molar-refractivity contribution < 1.29 is 52.6 Å². The number of hydrogen-bond acceptors (Lipinski definition) is 19. The van der Waals surface area contributed by atoms with Gasteiger partial charge in [-0.25, -0.2) is 32.3 Å². The molecule has 0 aliphatic heterocycles. The fourth-order valence-corrected chi connectivity index (χ4v) is 10.7. The van der Waals surface area contributed by atoms with E-state index in [1.54, 1.807) is 13.8 Å². The van der Waals surface area contributed by atoms with Gasteiger partial charge in [0.2, 0.25) is 5.91 Å². The van der Waals surface area contributed by atoms with E-state index in [-0.39, 0.29) is 82.2 Å². The number of carbonyl (C=O) groups is 2. The van der Waals surface area contributed by atoms with Gasteiger partial charge in [0.05, 0.1) is 87.3 Å². The van der Waals surface area contributed by atoms with Gasteiger partial charge >= 0.3 is 17.3 Å². The molecule has 0 fully saturated rings. The lowest BCUT2D eigenvalue weighted by molar-refractivity contribution is -0.140. The van der Waals surface area contributed by atoms with E-state index in [4.69, 9.17) is 24.7 Å². The zero-order valence-electron chi connectivity index (χ0n) is 45.1. The summed E-state index contributed by atoms with van der Waals surface area (Å²) in [5.74, 6) is -2.82. The van der Waals surface area contributed by atoms with Gasteiger partial charge in [-0.3, -0.25) is 23.5 Å². The average molecular weight is 1180 g/mol. The molecule has 1 amide bonds. The third kappa shape index (κ3) is 13.2. The maximum Gasteiger partial charge on any atom is 0.333 e. The summed E-state index contributed by atoms with van der Waals surface area (Å²) >= 11 is 2.17. The average Bonchev–Trinajstić information content (AvgIpc) is 4.21. The highest BCUT2D eigenvalue weighted by molar-refractivity contribution is 7.21. The Bertz CT molecular complexity index is 3530. The molecule has 0 aliphatic carbocycles. The SMILES string of the molecule is COc1ccc(F)cc1[C@H](Cn1c(=O)n([C@@H](C)C(=O)O)c(=O)c2c(C)c(-n3nccn3)sc21)OCC(C)(C)O.COc1ccc(F)cc1[C@H](Cn1c(=O)n([C@@H](C)C(N)=O)c(=O)c2c(C)c(-n3nccn3)sc21)OCC(C)(C)O.Cl.N. The van der Waals surface area contributed by atoms with Crippen LogP contribution in [-0.2, 0) is 32.2 Å². The first kappa shape index (κ1) is 63.3. The number of carboxylic acids is 1. The van der Waals surface area contributed by atoms with Gasteiger partial charge in [0, 0.05) is 22.3 Å². The molecule has 30 heteroatoms. The van der Waals surface area contributed by atoms with E-state index in [9.17, 15) is 52.9 Å². The molecule has 4 atom stereocenters. The van der Waals surface area contributed by atoms with Gasteiger partial charge in [0.25, 0.3) is 11.1 Å². The molecule has 0 aliphatic rings. The minimum atomic E-state index is -1.48. The lowest BCUT2D eigenvalue weighted by atomic mass is 10.1. The van der Waals surface area contributed by atoms with Crippen LogP contribution in [-0.4, -0.2) is 114 Å². The standard InChI is InChI=1S/C25H29FN6O6S.C25H28FN5O7S.ClH.H3N/c1-13-19-21(34)31(14(2)20(27)33)24(35)30(23(19)39-22(13)32-28-8-9-29-32)11-18(38-12-25(3,4)36)16-10-15(26)6-7-17(16)37-5;1-13-19-20(32)30(14(2)23(33)34)24(35)29(22(19)39-21(13)31-27-8-9-28-31)11-18(38-12-25(3,4)36)16-10-15(26)6-7-17(16)37-5;;/h6-10,14,18,36H,11-12H2,1-5H3,(H2,27,33);6-10,14,18,36H,11-12H2,1-5H3,(H,33,34);1H;1H3/t2*14-,18-;;/m00../s1. The number of aliphatic carboxylic acids is 1. The monoisotopic (exact) mass is 1170 g/mol. The molecule has 8 rings (SSSR count). The molecular weight excluding hydrogens is 1110 g/mol. The molecule has 0 unspecified atom stereocenters. The highest BCUT2D eigenvalue weighted by Gasteiger charge is 2.32. The second kappa shape index (κ2) is 25.3. The highest BCUT2D eigenvalue weighted by atomic mass is 35.5. The Morgan fingerprint density at radius 2 is 1.01 bits per heavy atom. The number of methoxy groups -OCH3 is 2. The number of hydrogen-bond donors (Lipinski definition) is 5. The van der Waals surface area contributed by atoms with Crippen molar-refractivity contribution in [3.05, 3.63) is 137 Å². The van der Waals surface area contributed by atoms with Crippen LogP contribution in [0.1, 0.15) is 88.1 Å². The molecule has 2 aromatic carbocycles. The molecule has 8 aromatic rings. The van der Waals surface area contributed by atoms with Crippen LogP contribution in [0, 0.1) is 25.5 Å². The number of aryl methyl sites for hydroxylation is 2. The Kier molecular flexibility index (Phi) is 20.0. The lowest BCUT2D eigenvalue weighted by Crippen LogP contribution is -2.45. The normalized spacial score (nSPS) is 13.2. The van der Waals surface area contributed by atoms with Crippen molar-refractivity contribution in [1.29, 1.82) is 0 Å². The Morgan fingerprint density at radius 3 is 1.32 bits per heavy atom. The number of ether oxygens (including phenoxy) is 4. The zero-order chi connectivity index (χ0) is 57.3. The van der Waals surface area contributed by atoms with Crippen LogP contribution in [0.15, 0.2) is 80.4 Å². The number of fused-ring (bicyclic) bond motifs is 2. The van der Waals surface area contributed by atoms with E-state index >= 15 is 0 Å². The summed E-state index contributed by atoms with van der Waals surface area (Å²) in [6.07, 6.45) is 3.81. The summed E-state index contributed by atoms with van der Waals surface area (Å²) in [5, 5.41) is 48.1. The van der Waals surface area contributed by atoms with Crippen molar-refractivity contribution in [2.45, 2.75) is 104 Å². The van der Waals surface area contributed by atoms with Gasteiger partial charge in [-0.2, -0.15) is 20.4 Å². The van der Waals surface area contributed by atoms with E-state index in [2.05, 4.69) is 20.4 Å². The molecule has 25 nitrogen and oxygen atoms in total. The number of amides is 1. The first-order valence-electron chi connectivity index (χ1n) is 23.8. The van der Waals surface area contributed by atoms with Gasteiger partial charge in [-0.1, -0.05) is 22.7 Å². The quantitative estimate of drug-likeness (QED) is 0.0680. The van der Waals surface area contributed by atoms with Crippen molar-refractivity contribution in [2.75, 3.05) is 27.4 Å². The number of thiophene rings is 2.